The Bertz CT molecular complexity index is 251. The minimum absolute atomic E-state index is 0.186. The lowest BCUT2D eigenvalue weighted by Gasteiger charge is -2.27. The van der Waals surface area contributed by atoms with Gasteiger partial charge in [0.15, 0.2) is 0 Å². The van der Waals surface area contributed by atoms with Gasteiger partial charge in [0.05, 0.1) is 12.1 Å². The zero-order chi connectivity index (χ0) is 11.5. The Hall–Kier alpha value is -0.610. The molecule has 92 valence electrons. The summed E-state index contributed by atoms with van der Waals surface area (Å²) in [5, 5.41) is 3.37. The lowest BCUT2D eigenvalue weighted by molar-refractivity contribution is -0.133. The van der Waals surface area contributed by atoms with Crippen molar-refractivity contribution in [2.75, 3.05) is 20.2 Å². The van der Waals surface area contributed by atoms with Crippen LogP contribution in [0.15, 0.2) is 0 Å². The smallest absolute Gasteiger partial charge is 0.224 e. The lowest BCUT2D eigenvalue weighted by atomic mass is 10.1. The topological polar surface area (TPSA) is 41.6 Å². The van der Waals surface area contributed by atoms with Crippen molar-refractivity contribution in [2.45, 2.75) is 50.8 Å². The molecule has 1 N–H and O–H groups in total. The van der Waals surface area contributed by atoms with Crippen LogP contribution in [-0.4, -0.2) is 49.2 Å². The predicted octanol–water partition coefficient (Wildman–Crippen LogP) is 0.764. The van der Waals surface area contributed by atoms with Gasteiger partial charge in [0, 0.05) is 26.1 Å². The van der Waals surface area contributed by atoms with Crippen molar-refractivity contribution >= 4 is 5.91 Å². The zero-order valence-electron chi connectivity index (χ0n) is 10.2. The van der Waals surface area contributed by atoms with Crippen molar-refractivity contribution in [2.24, 2.45) is 0 Å². The molecule has 0 saturated carbocycles. The molecule has 4 heteroatoms. The van der Waals surface area contributed by atoms with E-state index >= 15 is 0 Å². The Morgan fingerprint density at radius 1 is 1.50 bits per heavy atom. The summed E-state index contributed by atoms with van der Waals surface area (Å²) in [7, 11) is 1.91. The van der Waals surface area contributed by atoms with E-state index in [1.807, 2.05) is 11.9 Å². The van der Waals surface area contributed by atoms with E-state index in [9.17, 15) is 4.79 Å². The van der Waals surface area contributed by atoms with Crippen molar-refractivity contribution in [3.63, 3.8) is 0 Å². The Labute approximate surface area is 97.3 Å². The molecule has 0 aromatic heterocycles. The molecule has 3 atom stereocenters. The van der Waals surface area contributed by atoms with Crippen LogP contribution < -0.4 is 5.32 Å². The van der Waals surface area contributed by atoms with Crippen molar-refractivity contribution in [3.05, 3.63) is 0 Å². The molecule has 0 aromatic carbocycles. The lowest BCUT2D eigenvalue weighted by Crippen LogP contribution is -2.43. The van der Waals surface area contributed by atoms with Crippen molar-refractivity contribution in [3.8, 4) is 0 Å². The maximum absolute atomic E-state index is 12.1. The second-order valence-electron chi connectivity index (χ2n) is 4.93. The minimum Gasteiger partial charge on any atom is -0.376 e. The summed E-state index contributed by atoms with van der Waals surface area (Å²) in [5.74, 6) is 0.252. The monoisotopic (exact) mass is 226 g/mol. The number of carbonyl (C=O) groups is 1. The molecule has 0 radical (unpaired) electrons. The van der Waals surface area contributed by atoms with Gasteiger partial charge >= 0.3 is 0 Å². The number of ether oxygens (including phenoxy) is 1. The molecule has 2 fully saturated rings. The molecule has 0 spiro atoms. The molecule has 0 aliphatic carbocycles. The molecule has 1 amide bonds. The van der Waals surface area contributed by atoms with Gasteiger partial charge in [-0.05, 0) is 32.7 Å². The Morgan fingerprint density at radius 3 is 2.88 bits per heavy atom. The van der Waals surface area contributed by atoms with Crippen LogP contribution in [0.4, 0.5) is 0 Å². The van der Waals surface area contributed by atoms with E-state index in [-0.39, 0.29) is 18.1 Å². The molecular weight excluding hydrogens is 204 g/mol. The van der Waals surface area contributed by atoms with Gasteiger partial charge in [-0.1, -0.05) is 0 Å². The van der Waals surface area contributed by atoms with Gasteiger partial charge in [0.2, 0.25) is 5.91 Å². The fourth-order valence-electron chi connectivity index (χ4n) is 2.70. The van der Waals surface area contributed by atoms with Crippen LogP contribution in [0.5, 0.6) is 0 Å². The number of hydrogen-bond donors (Lipinski definition) is 1. The van der Waals surface area contributed by atoms with Crippen LogP contribution in [0.1, 0.15) is 32.6 Å². The third-order valence-electron chi connectivity index (χ3n) is 3.81. The summed E-state index contributed by atoms with van der Waals surface area (Å²) in [5.41, 5.74) is 0. The van der Waals surface area contributed by atoms with Crippen molar-refractivity contribution in [1.82, 2.24) is 10.2 Å². The molecule has 2 heterocycles. The SMILES string of the molecule is CC1OCCC1N(C)C(=O)CC1CCCN1. The summed E-state index contributed by atoms with van der Waals surface area (Å²) in [6.45, 7) is 3.89. The molecule has 16 heavy (non-hydrogen) atoms. The highest BCUT2D eigenvalue weighted by atomic mass is 16.5. The predicted molar refractivity (Wildman–Crippen MR) is 62.2 cm³/mol. The van der Waals surface area contributed by atoms with Crippen LogP contribution in [0.2, 0.25) is 0 Å². The summed E-state index contributed by atoms with van der Waals surface area (Å²) in [4.78, 5) is 13.9. The fourth-order valence-corrected chi connectivity index (χ4v) is 2.70. The van der Waals surface area contributed by atoms with E-state index in [1.165, 1.54) is 6.42 Å². The van der Waals surface area contributed by atoms with Gasteiger partial charge in [0.1, 0.15) is 0 Å². The van der Waals surface area contributed by atoms with E-state index in [2.05, 4.69) is 12.2 Å². The molecule has 2 rings (SSSR count). The molecule has 0 aromatic rings. The van der Waals surface area contributed by atoms with Crippen LogP contribution in [-0.2, 0) is 9.53 Å². The maximum atomic E-state index is 12.1. The number of carbonyl (C=O) groups excluding carboxylic acids is 1. The highest BCUT2D eigenvalue weighted by Crippen LogP contribution is 2.20. The minimum atomic E-state index is 0.186. The molecule has 2 saturated heterocycles. The van der Waals surface area contributed by atoms with Gasteiger partial charge in [-0.2, -0.15) is 0 Å². The number of rotatable bonds is 3. The molecule has 2 aliphatic heterocycles. The standard InChI is InChI=1S/C12H22N2O2/c1-9-11(5-7-16-9)14(2)12(15)8-10-4-3-6-13-10/h9-11,13H,3-8H2,1-2H3. The number of nitrogens with zero attached hydrogens (tertiary/aromatic N) is 1. The summed E-state index contributed by atoms with van der Waals surface area (Å²) in [6.07, 6.45) is 4.13. The quantitative estimate of drug-likeness (QED) is 0.772. The second-order valence-corrected chi connectivity index (χ2v) is 4.93. The second kappa shape index (κ2) is 5.15. The fraction of sp³-hybridized carbons (Fsp3) is 0.917. The van der Waals surface area contributed by atoms with E-state index < -0.39 is 0 Å². The average molecular weight is 226 g/mol. The first-order chi connectivity index (χ1) is 7.68. The van der Waals surface area contributed by atoms with Gasteiger partial charge in [0.25, 0.3) is 0 Å². The highest BCUT2D eigenvalue weighted by molar-refractivity contribution is 5.77. The number of amides is 1. The largest absolute Gasteiger partial charge is 0.376 e. The van der Waals surface area contributed by atoms with Gasteiger partial charge < -0.3 is 15.0 Å². The summed E-state index contributed by atoms with van der Waals surface area (Å²) >= 11 is 0. The molecule has 3 unspecified atom stereocenters. The first-order valence-corrected chi connectivity index (χ1v) is 6.29. The third kappa shape index (κ3) is 2.55. The Morgan fingerprint density at radius 2 is 2.31 bits per heavy atom. The summed E-state index contributed by atoms with van der Waals surface area (Å²) < 4.78 is 5.50. The van der Waals surface area contributed by atoms with Crippen LogP contribution in [0.25, 0.3) is 0 Å². The van der Waals surface area contributed by atoms with E-state index in [0.717, 1.165) is 26.0 Å². The molecular formula is C12H22N2O2. The van der Waals surface area contributed by atoms with Gasteiger partial charge in [-0.15, -0.1) is 0 Å². The van der Waals surface area contributed by atoms with Crippen LogP contribution in [0.3, 0.4) is 0 Å². The van der Waals surface area contributed by atoms with Gasteiger partial charge in [-0.3, -0.25) is 4.79 Å². The van der Waals surface area contributed by atoms with E-state index in [0.29, 0.717) is 12.5 Å². The Kier molecular flexibility index (Phi) is 3.82. The maximum Gasteiger partial charge on any atom is 0.224 e. The van der Waals surface area contributed by atoms with E-state index in [1.54, 1.807) is 0 Å². The first kappa shape index (κ1) is 11.9. The van der Waals surface area contributed by atoms with E-state index in [4.69, 9.17) is 4.74 Å². The number of nitrogens with one attached hydrogen (secondary N) is 1. The average Bonchev–Trinajstić information content (AvgIpc) is 2.88. The van der Waals surface area contributed by atoms with Crippen molar-refractivity contribution in [1.29, 1.82) is 0 Å². The zero-order valence-corrected chi connectivity index (χ0v) is 10.2. The van der Waals surface area contributed by atoms with Gasteiger partial charge in [-0.25, -0.2) is 0 Å². The molecule has 2 aliphatic rings. The Balaban J connectivity index is 1.83. The van der Waals surface area contributed by atoms with Crippen molar-refractivity contribution < 1.29 is 9.53 Å². The number of likely N-dealkylation sites (N-methyl/N-ethyl adjacent to an activating group) is 1. The highest BCUT2D eigenvalue weighted by Gasteiger charge is 2.31. The number of hydrogen-bond acceptors (Lipinski definition) is 3. The first-order valence-electron chi connectivity index (χ1n) is 6.29. The van der Waals surface area contributed by atoms with Crippen LogP contribution >= 0.6 is 0 Å². The normalized spacial score (nSPS) is 34.2. The van der Waals surface area contributed by atoms with Crippen LogP contribution in [0, 0.1) is 0 Å². The molecule has 4 nitrogen and oxygen atoms in total. The third-order valence-corrected chi connectivity index (χ3v) is 3.81. The summed E-state index contributed by atoms with van der Waals surface area (Å²) in [6, 6.07) is 0.668. The molecule has 0 bridgehead atoms.